The van der Waals surface area contributed by atoms with E-state index in [-0.39, 0.29) is 9.67 Å². The van der Waals surface area contributed by atoms with Crippen LogP contribution < -0.4 is 10.5 Å². The van der Waals surface area contributed by atoms with E-state index >= 15 is 0 Å². The van der Waals surface area contributed by atoms with E-state index in [4.69, 9.17) is 10.5 Å². The Morgan fingerprint density at radius 2 is 1.83 bits per heavy atom. The largest absolute Gasteiger partial charge is 0.508 e. The molecule has 0 aliphatic heterocycles. The number of aromatic hydroxyl groups is 1. The first-order chi connectivity index (χ1) is 10.7. The quantitative estimate of drug-likeness (QED) is 0.253. The summed E-state index contributed by atoms with van der Waals surface area (Å²) in [6.07, 6.45) is 0. The number of carboxylic acid groups (broad SMARTS) is 1. The van der Waals surface area contributed by atoms with Gasteiger partial charge in [-0.15, -0.1) is 0 Å². The minimum absolute atomic E-state index is 0.180. The molecule has 0 fully saturated rings. The molecule has 0 radical (unpaired) electrons. The normalized spacial score (nSPS) is 14.8. The lowest BCUT2D eigenvalue weighted by Gasteiger charge is -2.24. The van der Waals surface area contributed by atoms with Gasteiger partial charge in [0.15, 0.2) is 3.55 Å². The smallest absolute Gasteiger partial charge is 0.335 e. The Morgan fingerprint density at radius 1 is 1.22 bits per heavy atom. The number of ether oxygens (including phenoxy) is 1. The molecule has 0 bridgehead atoms. The van der Waals surface area contributed by atoms with Gasteiger partial charge in [-0.2, -0.15) is 0 Å². The van der Waals surface area contributed by atoms with Gasteiger partial charge in [-0.3, -0.25) is 0 Å². The first-order valence-corrected chi connectivity index (χ1v) is 9.73. The third-order valence-corrected chi connectivity index (χ3v) is 7.83. The summed E-state index contributed by atoms with van der Waals surface area (Å²) in [6.45, 7) is 0. The predicted octanol–water partition coefficient (Wildman–Crippen LogP) is 4.44. The van der Waals surface area contributed by atoms with Crippen LogP contribution in [0, 0.1) is 3.57 Å². The molecule has 0 saturated heterocycles. The molecule has 0 heterocycles. The van der Waals surface area contributed by atoms with Crippen molar-refractivity contribution in [2.45, 2.75) is 7.47 Å². The molecule has 5 nitrogen and oxygen atoms in total. The average molecular weight is 651 g/mol. The fraction of sp³-hybridized carbons (Fsp3) is 0.133. The molecule has 0 aliphatic rings. The van der Waals surface area contributed by atoms with Crippen molar-refractivity contribution in [1.29, 1.82) is 0 Å². The van der Waals surface area contributed by atoms with Crippen LogP contribution in [0.15, 0.2) is 42.5 Å². The molecule has 2 atom stereocenters. The van der Waals surface area contributed by atoms with Gasteiger partial charge in [-0.1, -0.05) is 34.7 Å². The van der Waals surface area contributed by atoms with Crippen molar-refractivity contribution >= 4 is 73.7 Å². The first-order valence-electron chi connectivity index (χ1n) is 6.33. The Bertz CT molecular complexity index is 719. The molecule has 0 saturated carbocycles. The molecule has 4 N–H and O–H groups in total. The van der Waals surface area contributed by atoms with E-state index in [9.17, 15) is 15.0 Å². The number of aliphatic carboxylic acids is 1. The number of nitrogens with two attached hydrogens (primary N) is 1. The summed E-state index contributed by atoms with van der Waals surface area (Å²) in [7, 11) is 0. The van der Waals surface area contributed by atoms with Gasteiger partial charge >= 0.3 is 5.97 Å². The number of hydrogen-bond acceptors (Lipinski definition) is 4. The van der Waals surface area contributed by atoms with Gasteiger partial charge in [0, 0.05) is 0 Å². The van der Waals surface area contributed by atoms with Gasteiger partial charge in [0.05, 0.1) is 7.49 Å². The monoisotopic (exact) mass is 651 g/mol. The van der Waals surface area contributed by atoms with Gasteiger partial charge < -0.3 is 20.7 Å². The first kappa shape index (κ1) is 19.0. The van der Waals surface area contributed by atoms with E-state index in [1.165, 1.54) is 0 Å². The standard InChI is InChI=1S/C15H12I3NO4/c16-11-7-9(20)3-6-12(11)23-10-4-1-8(2-5-10)13(17)15(18,19)14(21)22/h1-7,13,20H,19H2,(H,21,22)/t13-,15+/m1/s1. The van der Waals surface area contributed by atoms with Crippen molar-refractivity contribution in [3.8, 4) is 17.2 Å². The second-order valence-electron chi connectivity index (χ2n) is 4.72. The summed E-state index contributed by atoms with van der Waals surface area (Å²) in [5.41, 5.74) is 6.66. The number of alkyl halides is 2. The average Bonchev–Trinajstić information content (AvgIpc) is 2.50. The summed E-state index contributed by atoms with van der Waals surface area (Å²) in [6, 6.07) is 12.0. The molecule has 8 heteroatoms. The van der Waals surface area contributed by atoms with Crippen molar-refractivity contribution in [3.05, 3.63) is 51.6 Å². The fourth-order valence-corrected chi connectivity index (χ4v) is 3.41. The third kappa shape index (κ3) is 4.60. The van der Waals surface area contributed by atoms with Crippen LogP contribution >= 0.6 is 67.8 Å². The molecule has 2 aromatic carbocycles. The Kier molecular flexibility index (Phi) is 6.35. The van der Waals surface area contributed by atoms with E-state index < -0.39 is 9.51 Å². The van der Waals surface area contributed by atoms with E-state index in [1.54, 1.807) is 65.1 Å². The maximum atomic E-state index is 11.2. The van der Waals surface area contributed by atoms with Crippen LogP contribution in [-0.2, 0) is 4.79 Å². The number of hydrogen-bond donors (Lipinski definition) is 3. The predicted molar refractivity (Wildman–Crippen MR) is 113 cm³/mol. The summed E-state index contributed by atoms with van der Waals surface area (Å²) in [5.74, 6) is 0.374. The molecular weight excluding hydrogens is 639 g/mol. The molecule has 0 aromatic heterocycles. The van der Waals surface area contributed by atoms with E-state index in [0.29, 0.717) is 11.5 Å². The van der Waals surface area contributed by atoms with Gasteiger partial charge in [0.1, 0.15) is 17.2 Å². The lowest BCUT2D eigenvalue weighted by Crippen LogP contribution is -2.44. The van der Waals surface area contributed by atoms with Crippen LogP contribution in [-0.4, -0.2) is 19.7 Å². The summed E-state index contributed by atoms with van der Waals surface area (Å²) in [4.78, 5) is 11.2. The maximum Gasteiger partial charge on any atom is 0.335 e. The van der Waals surface area contributed by atoms with Crippen molar-refractivity contribution in [1.82, 2.24) is 0 Å². The molecule has 0 amide bonds. The highest BCUT2D eigenvalue weighted by Gasteiger charge is 2.39. The number of halogens is 3. The topological polar surface area (TPSA) is 92.8 Å². The van der Waals surface area contributed by atoms with E-state index in [2.05, 4.69) is 22.6 Å². The van der Waals surface area contributed by atoms with Crippen LogP contribution in [0.3, 0.4) is 0 Å². The lowest BCUT2D eigenvalue weighted by atomic mass is 10.1. The molecular formula is C15H12I3NO4. The van der Waals surface area contributed by atoms with Crippen LogP contribution in [0.1, 0.15) is 9.49 Å². The Morgan fingerprint density at radius 3 is 2.35 bits per heavy atom. The Balaban J connectivity index is 2.18. The maximum absolute atomic E-state index is 11.2. The minimum atomic E-state index is -1.38. The number of phenolic OH excluding ortho intramolecular Hbond substituents is 1. The van der Waals surface area contributed by atoms with Crippen molar-refractivity contribution < 1.29 is 19.7 Å². The SMILES string of the molecule is N[C@](I)(C(=O)O)[C@H](I)c1ccc(Oc2ccc(O)cc2I)cc1. The number of carboxylic acids is 1. The summed E-state index contributed by atoms with van der Waals surface area (Å²) >= 11 is 5.85. The van der Waals surface area contributed by atoms with Crippen LogP contribution in [0.4, 0.5) is 0 Å². The molecule has 0 spiro atoms. The lowest BCUT2D eigenvalue weighted by molar-refractivity contribution is -0.139. The van der Waals surface area contributed by atoms with Crippen LogP contribution in [0.2, 0.25) is 0 Å². The van der Waals surface area contributed by atoms with Crippen molar-refractivity contribution in [2.75, 3.05) is 0 Å². The van der Waals surface area contributed by atoms with Gasteiger partial charge in [-0.05, 0) is 81.1 Å². The Labute approximate surface area is 174 Å². The Hall–Kier alpha value is -0.340. The number of phenols is 1. The number of benzene rings is 2. The molecule has 23 heavy (non-hydrogen) atoms. The van der Waals surface area contributed by atoms with Crippen molar-refractivity contribution in [2.24, 2.45) is 5.73 Å². The minimum Gasteiger partial charge on any atom is -0.508 e. The zero-order chi connectivity index (χ0) is 17.2. The summed E-state index contributed by atoms with van der Waals surface area (Å²) < 4.78 is 4.78. The van der Waals surface area contributed by atoms with Gasteiger partial charge in [0.2, 0.25) is 0 Å². The second kappa shape index (κ2) is 7.70. The molecule has 2 rings (SSSR count). The van der Waals surface area contributed by atoms with Gasteiger partial charge in [-0.25, -0.2) is 4.79 Å². The van der Waals surface area contributed by atoms with Crippen LogP contribution in [0.25, 0.3) is 0 Å². The highest BCUT2D eigenvalue weighted by Crippen LogP contribution is 2.39. The molecule has 0 unspecified atom stereocenters. The summed E-state index contributed by atoms with van der Waals surface area (Å²) in [5, 5.41) is 18.6. The number of rotatable bonds is 5. The fourth-order valence-electron chi connectivity index (χ4n) is 1.76. The molecule has 0 aliphatic carbocycles. The van der Waals surface area contributed by atoms with Gasteiger partial charge in [0.25, 0.3) is 0 Å². The van der Waals surface area contributed by atoms with Crippen molar-refractivity contribution in [3.63, 3.8) is 0 Å². The highest BCUT2D eigenvalue weighted by atomic mass is 127. The zero-order valence-electron chi connectivity index (χ0n) is 11.5. The number of carbonyl (C=O) groups is 1. The molecule has 2 aromatic rings. The van der Waals surface area contributed by atoms with E-state index in [1.807, 2.05) is 22.6 Å². The third-order valence-electron chi connectivity index (χ3n) is 3.01. The second-order valence-corrected chi connectivity index (χ2v) is 8.91. The molecule has 122 valence electrons. The van der Waals surface area contributed by atoms with Crippen LogP contribution in [0.5, 0.6) is 17.2 Å². The highest BCUT2D eigenvalue weighted by molar-refractivity contribution is 14.1. The zero-order valence-corrected chi connectivity index (χ0v) is 18.0. The van der Waals surface area contributed by atoms with E-state index in [0.717, 1.165) is 9.13 Å².